The quantitative estimate of drug-likeness (QED) is 0.593. The number of piperidine rings is 1. The molecule has 0 bridgehead atoms. The zero-order valence-corrected chi connectivity index (χ0v) is 18.5. The Morgan fingerprint density at radius 1 is 1.33 bits per heavy atom. The molecule has 8 nitrogen and oxygen atoms in total. The van der Waals surface area contributed by atoms with Crippen molar-refractivity contribution < 1.29 is 12.8 Å². The van der Waals surface area contributed by atoms with Gasteiger partial charge in [0, 0.05) is 41.9 Å². The smallest absolute Gasteiger partial charge is 0.211 e. The largest absolute Gasteiger partial charge is 0.313 e. The molecule has 1 aliphatic heterocycles. The van der Waals surface area contributed by atoms with Crippen LogP contribution in [0.5, 0.6) is 0 Å². The second-order valence-corrected chi connectivity index (χ2v) is 10.5. The van der Waals surface area contributed by atoms with Gasteiger partial charge in [0.1, 0.15) is 10.8 Å². The number of sulfonamides is 1. The molecule has 1 aliphatic rings. The van der Waals surface area contributed by atoms with Gasteiger partial charge in [-0.05, 0) is 25.0 Å². The van der Waals surface area contributed by atoms with Crippen molar-refractivity contribution in [3.05, 3.63) is 51.9 Å². The topological polar surface area (TPSA) is 93.0 Å². The summed E-state index contributed by atoms with van der Waals surface area (Å²) in [6.07, 6.45) is 4.62. The molecule has 0 amide bonds. The SMILES string of the molecule is CS(=O)(=O)N1CCC[C@@H](c2nnc(Nc3ccn(Cc4c(F)cccc4Cl)n3)s2)C1. The molecule has 12 heteroatoms. The third-order valence-electron chi connectivity index (χ3n) is 4.90. The summed E-state index contributed by atoms with van der Waals surface area (Å²) in [4.78, 5) is 0. The summed E-state index contributed by atoms with van der Waals surface area (Å²) < 4.78 is 40.7. The van der Waals surface area contributed by atoms with Crippen molar-refractivity contribution in [1.82, 2.24) is 24.3 Å². The van der Waals surface area contributed by atoms with E-state index in [1.54, 1.807) is 29.1 Å². The summed E-state index contributed by atoms with van der Waals surface area (Å²) in [5.74, 6) is 0.200. The maximum atomic E-state index is 14.0. The van der Waals surface area contributed by atoms with E-state index in [1.807, 2.05) is 0 Å². The summed E-state index contributed by atoms with van der Waals surface area (Å²) >= 11 is 7.46. The lowest BCUT2D eigenvalue weighted by Gasteiger charge is -2.29. The Bertz CT molecular complexity index is 1130. The summed E-state index contributed by atoms with van der Waals surface area (Å²) in [5.41, 5.74) is 0.375. The van der Waals surface area contributed by atoms with Gasteiger partial charge in [-0.1, -0.05) is 29.0 Å². The molecular weight excluding hydrogens is 451 g/mol. The van der Waals surface area contributed by atoms with E-state index in [2.05, 4.69) is 20.6 Å². The number of anilines is 2. The van der Waals surface area contributed by atoms with Crippen LogP contribution in [0.4, 0.5) is 15.3 Å². The van der Waals surface area contributed by atoms with Crippen LogP contribution >= 0.6 is 22.9 Å². The third kappa shape index (κ3) is 4.80. The second kappa shape index (κ2) is 8.58. The molecule has 3 heterocycles. The fraction of sp³-hybridized carbons (Fsp3) is 0.389. The van der Waals surface area contributed by atoms with Crippen LogP contribution < -0.4 is 5.32 Å². The minimum absolute atomic E-state index is 0.0299. The van der Waals surface area contributed by atoms with Crippen LogP contribution in [0, 0.1) is 5.82 Å². The first kappa shape index (κ1) is 21.2. The minimum Gasteiger partial charge on any atom is -0.313 e. The summed E-state index contributed by atoms with van der Waals surface area (Å²) in [5, 5.41) is 17.6. The normalized spacial score (nSPS) is 17.9. The molecule has 0 spiro atoms. The van der Waals surface area contributed by atoms with E-state index in [1.165, 1.54) is 28.0 Å². The van der Waals surface area contributed by atoms with Crippen molar-refractivity contribution in [3.8, 4) is 0 Å². The van der Waals surface area contributed by atoms with Gasteiger partial charge in [-0.15, -0.1) is 10.2 Å². The number of rotatable bonds is 6. The van der Waals surface area contributed by atoms with E-state index in [0.29, 0.717) is 34.6 Å². The van der Waals surface area contributed by atoms with Gasteiger partial charge in [0.05, 0.1) is 12.8 Å². The first-order valence-electron chi connectivity index (χ1n) is 9.31. The highest BCUT2D eigenvalue weighted by molar-refractivity contribution is 7.88. The van der Waals surface area contributed by atoms with Crippen LogP contribution in [-0.4, -0.2) is 52.0 Å². The molecule has 0 saturated carbocycles. The molecule has 30 heavy (non-hydrogen) atoms. The predicted molar refractivity (Wildman–Crippen MR) is 114 cm³/mol. The molecule has 0 radical (unpaired) electrons. The van der Waals surface area contributed by atoms with Crippen LogP contribution in [0.2, 0.25) is 5.02 Å². The Kier molecular flexibility index (Phi) is 6.05. The molecule has 4 rings (SSSR count). The number of hydrogen-bond donors (Lipinski definition) is 1. The first-order valence-corrected chi connectivity index (χ1v) is 12.4. The summed E-state index contributed by atoms with van der Waals surface area (Å²) in [6.45, 7) is 1.17. The molecular formula is C18H20ClFN6O2S2. The standard InChI is InChI=1S/C18H20ClFN6O2S2/c1-30(27,28)26-8-3-4-12(10-26)17-22-23-18(29-17)21-16-7-9-25(24-16)11-13-14(19)5-2-6-15(13)20/h2,5-7,9,12H,3-4,8,10-11H2,1H3,(H,21,23,24)/t12-/m1/s1. The molecule has 0 unspecified atom stereocenters. The van der Waals surface area contributed by atoms with Crippen molar-refractivity contribution in [2.45, 2.75) is 25.3 Å². The first-order chi connectivity index (χ1) is 14.3. The van der Waals surface area contributed by atoms with Gasteiger partial charge < -0.3 is 5.32 Å². The number of nitrogens with zero attached hydrogens (tertiary/aromatic N) is 5. The van der Waals surface area contributed by atoms with Crippen molar-refractivity contribution >= 4 is 43.9 Å². The van der Waals surface area contributed by atoms with E-state index < -0.39 is 10.0 Å². The van der Waals surface area contributed by atoms with E-state index in [0.717, 1.165) is 17.8 Å². The zero-order chi connectivity index (χ0) is 21.3. The number of halogens is 2. The third-order valence-corrected chi connectivity index (χ3v) is 7.53. The highest BCUT2D eigenvalue weighted by Crippen LogP contribution is 2.32. The molecule has 1 N–H and O–H groups in total. The monoisotopic (exact) mass is 470 g/mol. The minimum atomic E-state index is -3.21. The van der Waals surface area contributed by atoms with Gasteiger partial charge in [-0.2, -0.15) is 5.10 Å². The average molecular weight is 471 g/mol. The highest BCUT2D eigenvalue weighted by atomic mass is 35.5. The van der Waals surface area contributed by atoms with Gasteiger partial charge >= 0.3 is 0 Å². The molecule has 1 saturated heterocycles. The summed E-state index contributed by atoms with van der Waals surface area (Å²) in [7, 11) is -3.21. The molecule has 160 valence electrons. The average Bonchev–Trinajstić information content (AvgIpc) is 3.34. The van der Waals surface area contributed by atoms with Crippen LogP contribution in [0.25, 0.3) is 0 Å². The fourth-order valence-electron chi connectivity index (χ4n) is 3.37. The van der Waals surface area contributed by atoms with E-state index in [4.69, 9.17) is 11.6 Å². The Labute approximate surface area is 182 Å². The van der Waals surface area contributed by atoms with Crippen LogP contribution in [-0.2, 0) is 16.6 Å². The van der Waals surface area contributed by atoms with Gasteiger partial charge in [-0.25, -0.2) is 17.1 Å². The predicted octanol–water partition coefficient (Wildman–Crippen LogP) is 3.46. The van der Waals surface area contributed by atoms with Crippen molar-refractivity contribution in [3.63, 3.8) is 0 Å². The molecule has 1 atom stereocenters. The molecule has 1 aromatic carbocycles. The zero-order valence-electron chi connectivity index (χ0n) is 16.1. The maximum absolute atomic E-state index is 14.0. The Balaban J connectivity index is 1.42. The Morgan fingerprint density at radius 2 is 2.17 bits per heavy atom. The van der Waals surface area contributed by atoms with Crippen molar-refractivity contribution in [2.24, 2.45) is 0 Å². The summed E-state index contributed by atoms with van der Waals surface area (Å²) in [6, 6.07) is 6.32. The van der Waals surface area contributed by atoms with Crippen LogP contribution in [0.15, 0.2) is 30.5 Å². The van der Waals surface area contributed by atoms with Gasteiger partial charge in [-0.3, -0.25) is 4.68 Å². The number of nitrogens with one attached hydrogen (secondary N) is 1. The second-order valence-electron chi connectivity index (χ2n) is 7.13. The molecule has 0 aliphatic carbocycles. The highest BCUT2D eigenvalue weighted by Gasteiger charge is 2.29. The van der Waals surface area contributed by atoms with Crippen molar-refractivity contribution in [2.75, 3.05) is 24.7 Å². The number of aromatic nitrogens is 4. The van der Waals surface area contributed by atoms with E-state index in [9.17, 15) is 12.8 Å². The van der Waals surface area contributed by atoms with Crippen molar-refractivity contribution in [1.29, 1.82) is 0 Å². The lowest BCUT2D eigenvalue weighted by atomic mass is 10.0. The maximum Gasteiger partial charge on any atom is 0.211 e. The Hall–Kier alpha value is -2.08. The Morgan fingerprint density at radius 3 is 2.93 bits per heavy atom. The molecule has 1 fully saturated rings. The van der Waals surface area contributed by atoms with Crippen LogP contribution in [0.3, 0.4) is 0 Å². The lowest BCUT2D eigenvalue weighted by Crippen LogP contribution is -2.38. The lowest BCUT2D eigenvalue weighted by molar-refractivity contribution is 0.316. The number of hydrogen-bond acceptors (Lipinski definition) is 7. The fourth-order valence-corrected chi connectivity index (χ4v) is 5.38. The van der Waals surface area contributed by atoms with E-state index >= 15 is 0 Å². The van der Waals surface area contributed by atoms with E-state index in [-0.39, 0.29) is 18.3 Å². The molecule has 3 aromatic rings. The van der Waals surface area contributed by atoms with Gasteiger partial charge in [0.2, 0.25) is 15.2 Å². The molecule has 2 aromatic heterocycles. The van der Waals surface area contributed by atoms with Gasteiger partial charge in [0.25, 0.3) is 0 Å². The number of benzene rings is 1. The van der Waals surface area contributed by atoms with Crippen LogP contribution in [0.1, 0.15) is 29.3 Å². The van der Waals surface area contributed by atoms with Gasteiger partial charge in [0.15, 0.2) is 5.82 Å².